The molecule has 0 radical (unpaired) electrons. The quantitative estimate of drug-likeness (QED) is 0.371. The van der Waals surface area contributed by atoms with Crippen LogP contribution in [0.4, 0.5) is 4.79 Å². The first kappa shape index (κ1) is 25.3. The van der Waals surface area contributed by atoms with Gasteiger partial charge in [-0.05, 0) is 80.0 Å². The summed E-state index contributed by atoms with van der Waals surface area (Å²) in [6.45, 7) is 8.47. The Balaban J connectivity index is 1.89. The summed E-state index contributed by atoms with van der Waals surface area (Å²) in [5.74, 6) is 0.109. The number of benzene rings is 2. The van der Waals surface area contributed by atoms with Gasteiger partial charge in [0.2, 0.25) is 0 Å². The summed E-state index contributed by atoms with van der Waals surface area (Å²) in [6.07, 6.45) is 0.168. The molecular formula is C25H32INO4. The summed E-state index contributed by atoms with van der Waals surface area (Å²) in [5, 5.41) is 0. The number of ketones is 1. The van der Waals surface area contributed by atoms with Crippen LogP contribution < -0.4 is 0 Å². The summed E-state index contributed by atoms with van der Waals surface area (Å²) in [7, 11) is 1.70. The molecule has 0 N–H and O–H groups in total. The second-order valence-corrected chi connectivity index (χ2v) is 9.90. The van der Waals surface area contributed by atoms with Gasteiger partial charge in [0.1, 0.15) is 12.4 Å². The molecule has 2 aromatic carbocycles. The van der Waals surface area contributed by atoms with Gasteiger partial charge in [-0.25, -0.2) is 4.79 Å². The molecule has 0 aliphatic carbocycles. The van der Waals surface area contributed by atoms with Gasteiger partial charge in [-0.2, -0.15) is 0 Å². The van der Waals surface area contributed by atoms with E-state index in [2.05, 4.69) is 22.6 Å². The molecule has 0 aliphatic rings. The van der Waals surface area contributed by atoms with E-state index < -0.39 is 17.1 Å². The van der Waals surface area contributed by atoms with Gasteiger partial charge in [0, 0.05) is 17.2 Å². The molecule has 2 rings (SSSR count). The Morgan fingerprint density at radius 3 is 2.32 bits per heavy atom. The summed E-state index contributed by atoms with van der Waals surface area (Å²) in [5.41, 5.74) is 0.745. The Labute approximate surface area is 199 Å². The fraction of sp³-hybridized carbons (Fsp3) is 0.440. The summed E-state index contributed by atoms with van der Waals surface area (Å²) < 4.78 is 12.6. The van der Waals surface area contributed by atoms with Crippen molar-refractivity contribution >= 4 is 34.5 Å². The Morgan fingerprint density at radius 1 is 1.03 bits per heavy atom. The molecule has 0 aliphatic heterocycles. The van der Waals surface area contributed by atoms with E-state index in [1.807, 2.05) is 75.4 Å². The Morgan fingerprint density at radius 2 is 1.71 bits per heavy atom. The molecule has 0 heterocycles. The molecule has 168 valence electrons. The van der Waals surface area contributed by atoms with E-state index in [0.717, 1.165) is 14.7 Å². The van der Waals surface area contributed by atoms with Crippen molar-refractivity contribution in [1.82, 2.24) is 4.90 Å². The van der Waals surface area contributed by atoms with Crippen molar-refractivity contribution in [3.8, 4) is 0 Å². The molecule has 6 heteroatoms. The van der Waals surface area contributed by atoms with Gasteiger partial charge in [0.15, 0.2) is 0 Å². The SMILES string of the molecule is CC(=O)C(C)(CCOC(C)(C)CN(C)C(=O)OCc1ccccc1)c1cccc(I)c1. The number of rotatable bonds is 10. The zero-order valence-electron chi connectivity index (χ0n) is 19.0. The van der Waals surface area contributed by atoms with Crippen molar-refractivity contribution in [3.63, 3.8) is 0 Å². The largest absolute Gasteiger partial charge is 0.445 e. The maximum absolute atomic E-state index is 12.5. The van der Waals surface area contributed by atoms with Crippen LogP contribution in [-0.4, -0.2) is 42.6 Å². The zero-order chi connectivity index (χ0) is 23.1. The summed E-state index contributed by atoms with van der Waals surface area (Å²) >= 11 is 2.26. The fourth-order valence-corrected chi connectivity index (χ4v) is 3.94. The normalized spacial score (nSPS) is 13.4. The van der Waals surface area contributed by atoms with Gasteiger partial charge < -0.3 is 14.4 Å². The number of hydrogen-bond acceptors (Lipinski definition) is 4. The zero-order valence-corrected chi connectivity index (χ0v) is 21.1. The molecule has 2 aromatic rings. The highest BCUT2D eigenvalue weighted by Crippen LogP contribution is 2.30. The number of nitrogens with zero attached hydrogens (tertiary/aromatic N) is 1. The van der Waals surface area contributed by atoms with Crippen molar-refractivity contribution in [2.45, 2.75) is 51.7 Å². The predicted octanol–water partition coefficient (Wildman–Crippen LogP) is 5.59. The van der Waals surface area contributed by atoms with Crippen LogP contribution in [-0.2, 0) is 26.3 Å². The third kappa shape index (κ3) is 7.61. The molecule has 0 spiro atoms. The lowest BCUT2D eigenvalue weighted by molar-refractivity contribution is -0.123. The average molecular weight is 537 g/mol. The lowest BCUT2D eigenvalue weighted by atomic mass is 9.76. The van der Waals surface area contributed by atoms with E-state index in [4.69, 9.17) is 9.47 Å². The number of hydrogen-bond donors (Lipinski definition) is 0. The Bertz CT molecular complexity index is 884. The van der Waals surface area contributed by atoms with Crippen molar-refractivity contribution in [2.75, 3.05) is 20.2 Å². The van der Waals surface area contributed by atoms with Gasteiger partial charge >= 0.3 is 6.09 Å². The van der Waals surface area contributed by atoms with Crippen LogP contribution in [0.5, 0.6) is 0 Å². The van der Waals surface area contributed by atoms with Crippen molar-refractivity contribution in [2.24, 2.45) is 0 Å². The van der Waals surface area contributed by atoms with Crippen LogP contribution >= 0.6 is 22.6 Å². The number of ether oxygens (including phenoxy) is 2. The number of amides is 1. The monoisotopic (exact) mass is 537 g/mol. The molecule has 1 atom stereocenters. The van der Waals surface area contributed by atoms with E-state index in [0.29, 0.717) is 19.6 Å². The van der Waals surface area contributed by atoms with E-state index in [1.54, 1.807) is 14.0 Å². The van der Waals surface area contributed by atoms with Crippen molar-refractivity contribution in [1.29, 1.82) is 0 Å². The molecule has 0 saturated carbocycles. The highest BCUT2D eigenvalue weighted by atomic mass is 127. The minimum Gasteiger partial charge on any atom is -0.445 e. The molecule has 31 heavy (non-hydrogen) atoms. The third-order valence-electron chi connectivity index (χ3n) is 5.47. The number of carbonyl (C=O) groups is 2. The van der Waals surface area contributed by atoms with Gasteiger partial charge in [0.05, 0.1) is 17.6 Å². The molecule has 0 bridgehead atoms. The number of Topliss-reactive ketones (excluding diaryl/α,β-unsaturated/α-hetero) is 1. The molecule has 1 amide bonds. The number of carbonyl (C=O) groups excluding carboxylic acids is 2. The standard InChI is InChI=1S/C25H32INO4/c1-19(28)25(4,21-12-9-13-22(26)16-21)14-15-31-24(2,3)18-27(5)23(29)30-17-20-10-7-6-8-11-20/h6-13,16H,14-15,17-18H2,1-5H3. The number of halogens is 1. The van der Waals surface area contributed by atoms with Crippen LogP contribution in [0.15, 0.2) is 54.6 Å². The highest BCUT2D eigenvalue weighted by Gasteiger charge is 2.33. The topological polar surface area (TPSA) is 55.8 Å². The first-order chi connectivity index (χ1) is 14.5. The Hall–Kier alpha value is -1.93. The second kappa shape index (κ2) is 11.1. The first-order valence-electron chi connectivity index (χ1n) is 10.4. The van der Waals surface area contributed by atoms with Crippen LogP contribution in [0.3, 0.4) is 0 Å². The van der Waals surface area contributed by atoms with E-state index in [1.165, 1.54) is 4.90 Å². The van der Waals surface area contributed by atoms with Gasteiger partial charge in [-0.15, -0.1) is 0 Å². The predicted molar refractivity (Wildman–Crippen MR) is 131 cm³/mol. The van der Waals surface area contributed by atoms with Crippen LogP contribution in [0.25, 0.3) is 0 Å². The molecule has 0 fully saturated rings. The molecular weight excluding hydrogens is 505 g/mol. The van der Waals surface area contributed by atoms with E-state index in [9.17, 15) is 9.59 Å². The fourth-order valence-electron chi connectivity index (χ4n) is 3.40. The maximum atomic E-state index is 12.5. The van der Waals surface area contributed by atoms with E-state index >= 15 is 0 Å². The minimum atomic E-state index is -0.613. The molecule has 5 nitrogen and oxygen atoms in total. The smallest absolute Gasteiger partial charge is 0.409 e. The van der Waals surface area contributed by atoms with Gasteiger partial charge in [-0.1, -0.05) is 42.5 Å². The van der Waals surface area contributed by atoms with E-state index in [-0.39, 0.29) is 12.4 Å². The lowest BCUT2D eigenvalue weighted by Gasteiger charge is -2.33. The third-order valence-corrected chi connectivity index (χ3v) is 6.14. The van der Waals surface area contributed by atoms with Crippen LogP contribution in [0.2, 0.25) is 0 Å². The van der Waals surface area contributed by atoms with Crippen LogP contribution in [0.1, 0.15) is 45.2 Å². The molecule has 0 saturated heterocycles. The minimum absolute atomic E-state index is 0.109. The highest BCUT2D eigenvalue weighted by molar-refractivity contribution is 14.1. The Kier molecular flexibility index (Phi) is 9.06. The van der Waals surface area contributed by atoms with Crippen molar-refractivity contribution in [3.05, 3.63) is 69.3 Å². The second-order valence-electron chi connectivity index (χ2n) is 8.65. The average Bonchev–Trinajstić information content (AvgIpc) is 2.72. The molecule has 0 aromatic heterocycles. The first-order valence-corrected chi connectivity index (χ1v) is 11.4. The van der Waals surface area contributed by atoms with Crippen LogP contribution in [0, 0.1) is 3.57 Å². The summed E-state index contributed by atoms with van der Waals surface area (Å²) in [6, 6.07) is 17.6. The lowest BCUT2D eigenvalue weighted by Crippen LogP contribution is -2.43. The maximum Gasteiger partial charge on any atom is 0.409 e. The number of likely N-dealkylation sites (N-methyl/N-ethyl adjacent to an activating group) is 1. The van der Waals surface area contributed by atoms with Gasteiger partial charge in [-0.3, -0.25) is 4.79 Å². The van der Waals surface area contributed by atoms with Gasteiger partial charge in [0.25, 0.3) is 0 Å². The molecule has 1 unspecified atom stereocenters. The van der Waals surface area contributed by atoms with Crippen molar-refractivity contribution < 1.29 is 19.1 Å². The summed E-state index contributed by atoms with van der Waals surface area (Å²) in [4.78, 5) is 26.3.